The molecule has 20 heavy (non-hydrogen) atoms. The van der Waals surface area contributed by atoms with Gasteiger partial charge in [0.2, 0.25) is 0 Å². The van der Waals surface area contributed by atoms with E-state index in [4.69, 9.17) is 0 Å². The van der Waals surface area contributed by atoms with E-state index in [1.54, 1.807) is 0 Å². The van der Waals surface area contributed by atoms with E-state index in [1.807, 2.05) is 37.3 Å². The molecular weight excluding hydrogens is 252 g/mol. The number of nitrogens with zero attached hydrogens (tertiary/aromatic N) is 1. The zero-order valence-corrected chi connectivity index (χ0v) is 12.2. The van der Waals surface area contributed by atoms with E-state index in [9.17, 15) is 4.79 Å². The summed E-state index contributed by atoms with van der Waals surface area (Å²) in [6.07, 6.45) is 0.781. The fraction of sp³-hybridized carbons (Fsp3) is 0.467. The third-order valence-electron chi connectivity index (χ3n) is 3.58. The predicted octanol–water partition coefficient (Wildman–Crippen LogP) is 1.42. The standard InChI is InChI=1S/C15H22N4O/c1-10(2)13-9-14(18-17-13)15(20)19-16-11(3)12-7-5-4-6-8-12/h4-8,10,13-14,17-18H,9H2,1-3H3,(H,19,20)/b16-11-. The smallest absolute Gasteiger partial charge is 0.258 e. The molecule has 2 unspecified atom stereocenters. The Morgan fingerprint density at radius 3 is 2.60 bits per heavy atom. The summed E-state index contributed by atoms with van der Waals surface area (Å²) < 4.78 is 0. The summed E-state index contributed by atoms with van der Waals surface area (Å²) in [7, 11) is 0. The third kappa shape index (κ3) is 3.65. The van der Waals surface area contributed by atoms with Crippen LogP contribution in [0.2, 0.25) is 0 Å². The summed E-state index contributed by atoms with van der Waals surface area (Å²) in [5, 5.41) is 4.16. The van der Waals surface area contributed by atoms with Crippen LogP contribution in [0.25, 0.3) is 0 Å². The largest absolute Gasteiger partial charge is 0.271 e. The molecule has 1 fully saturated rings. The van der Waals surface area contributed by atoms with Gasteiger partial charge in [-0.15, -0.1) is 0 Å². The van der Waals surface area contributed by atoms with Crippen LogP contribution in [-0.2, 0) is 4.79 Å². The third-order valence-corrected chi connectivity index (χ3v) is 3.58. The molecule has 0 aromatic heterocycles. The number of rotatable bonds is 4. The Morgan fingerprint density at radius 1 is 1.30 bits per heavy atom. The summed E-state index contributed by atoms with van der Waals surface area (Å²) >= 11 is 0. The first-order valence-electron chi connectivity index (χ1n) is 6.98. The van der Waals surface area contributed by atoms with E-state index in [1.165, 1.54) is 0 Å². The SMILES string of the molecule is C/C(=N/NC(=O)C1CC(C(C)C)NN1)c1ccccc1. The molecule has 5 heteroatoms. The van der Waals surface area contributed by atoms with Crippen LogP contribution >= 0.6 is 0 Å². The Labute approximate surface area is 119 Å². The van der Waals surface area contributed by atoms with Crippen LogP contribution in [0, 0.1) is 5.92 Å². The van der Waals surface area contributed by atoms with Crippen molar-refractivity contribution in [3.05, 3.63) is 35.9 Å². The Kier molecular flexibility index (Phi) is 4.87. The minimum absolute atomic E-state index is 0.101. The van der Waals surface area contributed by atoms with Crippen molar-refractivity contribution in [3.8, 4) is 0 Å². The first kappa shape index (κ1) is 14.7. The molecular formula is C15H22N4O. The van der Waals surface area contributed by atoms with Crippen molar-refractivity contribution in [2.75, 3.05) is 0 Å². The molecule has 2 atom stereocenters. The number of benzene rings is 1. The molecule has 0 saturated carbocycles. The maximum atomic E-state index is 12.0. The van der Waals surface area contributed by atoms with E-state index < -0.39 is 0 Å². The lowest BCUT2D eigenvalue weighted by Crippen LogP contribution is -2.42. The molecule has 1 amide bonds. The minimum atomic E-state index is -0.227. The highest BCUT2D eigenvalue weighted by Crippen LogP contribution is 2.13. The maximum Gasteiger partial charge on any atom is 0.258 e. The highest BCUT2D eigenvalue weighted by Gasteiger charge is 2.30. The molecule has 1 aromatic carbocycles. The first-order valence-corrected chi connectivity index (χ1v) is 6.98. The fourth-order valence-electron chi connectivity index (χ4n) is 2.15. The number of carbonyl (C=O) groups is 1. The highest BCUT2D eigenvalue weighted by molar-refractivity contribution is 5.99. The van der Waals surface area contributed by atoms with Gasteiger partial charge in [-0.2, -0.15) is 5.10 Å². The second-order valence-electron chi connectivity index (χ2n) is 5.47. The van der Waals surface area contributed by atoms with Crippen LogP contribution in [0.1, 0.15) is 32.8 Å². The lowest BCUT2D eigenvalue weighted by atomic mass is 9.99. The van der Waals surface area contributed by atoms with E-state index >= 15 is 0 Å². The normalized spacial score (nSPS) is 23.1. The molecule has 0 spiro atoms. The van der Waals surface area contributed by atoms with Crippen LogP contribution in [-0.4, -0.2) is 23.7 Å². The average molecular weight is 274 g/mol. The van der Waals surface area contributed by atoms with Gasteiger partial charge in [0.05, 0.1) is 5.71 Å². The van der Waals surface area contributed by atoms with Gasteiger partial charge in [-0.05, 0) is 24.8 Å². The Bertz CT molecular complexity index is 484. The van der Waals surface area contributed by atoms with Gasteiger partial charge in [0.25, 0.3) is 5.91 Å². The summed E-state index contributed by atoms with van der Waals surface area (Å²) in [6.45, 7) is 6.15. The van der Waals surface area contributed by atoms with Crippen molar-refractivity contribution in [1.29, 1.82) is 0 Å². The number of hydrazone groups is 1. The second-order valence-corrected chi connectivity index (χ2v) is 5.47. The number of hydrogen-bond donors (Lipinski definition) is 3. The van der Waals surface area contributed by atoms with Crippen molar-refractivity contribution >= 4 is 11.6 Å². The van der Waals surface area contributed by atoms with Gasteiger partial charge in [0, 0.05) is 6.04 Å². The van der Waals surface area contributed by atoms with Crippen LogP contribution in [0.3, 0.4) is 0 Å². The number of carbonyl (C=O) groups excluding carboxylic acids is 1. The van der Waals surface area contributed by atoms with Crippen LogP contribution < -0.4 is 16.3 Å². The van der Waals surface area contributed by atoms with E-state index in [0.717, 1.165) is 17.7 Å². The van der Waals surface area contributed by atoms with Gasteiger partial charge in [-0.25, -0.2) is 10.9 Å². The van der Waals surface area contributed by atoms with Crippen molar-refractivity contribution in [3.63, 3.8) is 0 Å². The van der Waals surface area contributed by atoms with Crippen molar-refractivity contribution < 1.29 is 4.79 Å². The molecule has 1 aliphatic rings. The maximum absolute atomic E-state index is 12.0. The number of hydrazine groups is 1. The number of nitrogens with one attached hydrogen (secondary N) is 3. The van der Waals surface area contributed by atoms with Gasteiger partial charge in [-0.1, -0.05) is 44.2 Å². The predicted molar refractivity (Wildman–Crippen MR) is 80.1 cm³/mol. The van der Waals surface area contributed by atoms with E-state index in [-0.39, 0.29) is 11.9 Å². The van der Waals surface area contributed by atoms with Gasteiger partial charge in [0.15, 0.2) is 0 Å². The molecule has 0 aliphatic carbocycles. The van der Waals surface area contributed by atoms with Gasteiger partial charge < -0.3 is 0 Å². The molecule has 0 bridgehead atoms. The van der Waals surface area contributed by atoms with E-state index in [0.29, 0.717) is 12.0 Å². The van der Waals surface area contributed by atoms with Crippen LogP contribution in [0.4, 0.5) is 0 Å². The number of amides is 1. The molecule has 108 valence electrons. The Morgan fingerprint density at radius 2 is 2.00 bits per heavy atom. The van der Waals surface area contributed by atoms with E-state index in [2.05, 4.69) is 35.2 Å². The molecule has 5 nitrogen and oxygen atoms in total. The molecule has 1 heterocycles. The quantitative estimate of drug-likeness (QED) is 0.574. The summed E-state index contributed by atoms with van der Waals surface area (Å²) in [5.74, 6) is 0.394. The molecule has 1 aliphatic heterocycles. The fourth-order valence-corrected chi connectivity index (χ4v) is 2.15. The average Bonchev–Trinajstić information content (AvgIpc) is 2.95. The Balaban J connectivity index is 1.90. The highest BCUT2D eigenvalue weighted by atomic mass is 16.2. The molecule has 3 N–H and O–H groups in total. The lowest BCUT2D eigenvalue weighted by Gasteiger charge is -2.12. The summed E-state index contributed by atoms with van der Waals surface area (Å²) in [4.78, 5) is 12.0. The van der Waals surface area contributed by atoms with Crippen molar-refractivity contribution in [2.45, 2.75) is 39.3 Å². The zero-order chi connectivity index (χ0) is 14.5. The summed E-state index contributed by atoms with van der Waals surface area (Å²) in [6, 6.07) is 9.89. The van der Waals surface area contributed by atoms with Gasteiger partial charge in [-0.3, -0.25) is 10.2 Å². The molecule has 0 radical (unpaired) electrons. The number of hydrogen-bond acceptors (Lipinski definition) is 4. The molecule has 1 aromatic rings. The van der Waals surface area contributed by atoms with Crippen molar-refractivity contribution in [2.24, 2.45) is 11.0 Å². The zero-order valence-electron chi connectivity index (χ0n) is 12.2. The van der Waals surface area contributed by atoms with Crippen LogP contribution in [0.15, 0.2) is 35.4 Å². The molecule has 2 rings (SSSR count). The first-order chi connectivity index (χ1) is 9.58. The van der Waals surface area contributed by atoms with Gasteiger partial charge >= 0.3 is 0 Å². The van der Waals surface area contributed by atoms with Crippen molar-refractivity contribution in [1.82, 2.24) is 16.3 Å². The lowest BCUT2D eigenvalue weighted by molar-refractivity contribution is -0.122. The molecule has 1 saturated heterocycles. The second kappa shape index (κ2) is 6.63. The Hall–Kier alpha value is -1.72. The summed E-state index contributed by atoms with van der Waals surface area (Å²) in [5.41, 5.74) is 10.6. The van der Waals surface area contributed by atoms with Crippen LogP contribution in [0.5, 0.6) is 0 Å². The minimum Gasteiger partial charge on any atom is -0.271 e. The van der Waals surface area contributed by atoms with Gasteiger partial charge in [0.1, 0.15) is 6.04 Å². The topological polar surface area (TPSA) is 65.5 Å². The monoisotopic (exact) mass is 274 g/mol.